The predicted octanol–water partition coefficient (Wildman–Crippen LogP) is 2.58. The molecular formula is C18H21N2O6P. The van der Waals surface area contributed by atoms with Crippen molar-refractivity contribution < 1.29 is 23.8 Å². The number of non-ortho nitro benzene ring substituents is 1. The number of β-lactam (4-membered cyclic amide) rings is 1. The molecule has 1 saturated heterocycles. The first-order valence-electron chi connectivity index (χ1n) is 8.57. The van der Waals surface area contributed by atoms with Gasteiger partial charge in [0.15, 0.2) is 0 Å². The van der Waals surface area contributed by atoms with E-state index in [2.05, 4.69) is 9.47 Å². The summed E-state index contributed by atoms with van der Waals surface area (Å²) in [6, 6.07) is 5.68. The van der Waals surface area contributed by atoms with Crippen molar-refractivity contribution in [3.63, 3.8) is 0 Å². The molecule has 0 spiro atoms. The minimum absolute atomic E-state index is 0.0246. The Balaban J connectivity index is 1.70. The number of hydrogen-bond acceptors (Lipinski definition) is 6. The molecule has 2 heterocycles. The monoisotopic (exact) mass is 392 g/mol. The van der Waals surface area contributed by atoms with E-state index in [1.165, 1.54) is 29.2 Å². The molecule has 1 fully saturated rings. The van der Waals surface area contributed by atoms with E-state index in [1.54, 1.807) is 0 Å². The minimum atomic E-state index is -0.563. The Morgan fingerprint density at radius 1 is 1.37 bits per heavy atom. The molecule has 0 bridgehead atoms. The summed E-state index contributed by atoms with van der Waals surface area (Å²) in [7, 11) is 2.18. The zero-order valence-electron chi connectivity index (χ0n) is 15.2. The zero-order chi connectivity index (χ0) is 19.9. The molecule has 9 heteroatoms. The SMILES string of the molecule is CC1=C(C(=O)OCc2ccc([N+](=O)[O-])cc2)N2C(=O)C(C(C)OP)C2C1C. The van der Waals surface area contributed by atoms with Crippen molar-refractivity contribution in [2.75, 3.05) is 0 Å². The van der Waals surface area contributed by atoms with Crippen LogP contribution >= 0.6 is 9.47 Å². The second-order valence-corrected chi connectivity index (χ2v) is 7.16. The molecular weight excluding hydrogens is 371 g/mol. The third-order valence-electron chi connectivity index (χ3n) is 5.43. The van der Waals surface area contributed by atoms with E-state index in [9.17, 15) is 19.7 Å². The normalized spacial score (nSPS) is 25.1. The number of esters is 1. The van der Waals surface area contributed by atoms with Gasteiger partial charge in [0.25, 0.3) is 5.69 Å². The molecule has 2 aliphatic rings. The van der Waals surface area contributed by atoms with Crippen LogP contribution in [-0.2, 0) is 25.5 Å². The van der Waals surface area contributed by atoms with Crippen LogP contribution in [-0.4, -0.2) is 33.8 Å². The van der Waals surface area contributed by atoms with Crippen molar-refractivity contribution in [2.24, 2.45) is 11.8 Å². The quantitative estimate of drug-likeness (QED) is 0.243. The molecule has 27 heavy (non-hydrogen) atoms. The van der Waals surface area contributed by atoms with Gasteiger partial charge in [0.05, 0.1) is 23.0 Å². The molecule has 0 saturated carbocycles. The van der Waals surface area contributed by atoms with Crippen LogP contribution in [0.1, 0.15) is 26.3 Å². The Kier molecular flexibility index (Phi) is 5.31. The van der Waals surface area contributed by atoms with Crippen LogP contribution in [0.2, 0.25) is 0 Å². The van der Waals surface area contributed by atoms with E-state index >= 15 is 0 Å². The Morgan fingerprint density at radius 3 is 2.56 bits per heavy atom. The summed E-state index contributed by atoms with van der Waals surface area (Å²) in [5, 5.41) is 10.7. The third kappa shape index (κ3) is 3.24. The number of fused-ring (bicyclic) bond motifs is 1. The summed E-state index contributed by atoms with van der Waals surface area (Å²) >= 11 is 0. The highest BCUT2D eigenvalue weighted by Gasteiger charge is 2.59. The molecule has 144 valence electrons. The van der Waals surface area contributed by atoms with Gasteiger partial charge in [0, 0.05) is 27.5 Å². The highest BCUT2D eigenvalue weighted by molar-refractivity contribution is 7.09. The first-order chi connectivity index (χ1) is 12.8. The Labute approximate surface area is 158 Å². The smallest absolute Gasteiger partial charge is 0.355 e. The standard InChI is InChI=1S/C18H21N2O6P/c1-9-10(2)16(19-15(9)14(17(19)21)11(3)26-27)18(22)25-8-12-4-6-13(7-5-12)20(23)24/h4-7,9,11,14-15H,8,27H2,1-3H3. The van der Waals surface area contributed by atoms with Gasteiger partial charge in [-0.25, -0.2) is 4.79 Å². The van der Waals surface area contributed by atoms with Gasteiger partial charge in [-0.05, 0) is 37.1 Å². The molecule has 1 aromatic carbocycles. The molecule has 0 aromatic heterocycles. The number of carbonyl (C=O) groups is 2. The summed E-state index contributed by atoms with van der Waals surface area (Å²) < 4.78 is 10.6. The highest BCUT2D eigenvalue weighted by atomic mass is 31.0. The van der Waals surface area contributed by atoms with Gasteiger partial charge >= 0.3 is 5.97 Å². The highest BCUT2D eigenvalue weighted by Crippen LogP contribution is 2.47. The second-order valence-electron chi connectivity index (χ2n) is 6.89. The molecule has 1 aromatic rings. The summed E-state index contributed by atoms with van der Waals surface area (Å²) in [6.07, 6.45) is -0.255. The fraction of sp³-hybridized carbons (Fsp3) is 0.444. The van der Waals surface area contributed by atoms with Crippen LogP contribution in [0.4, 0.5) is 5.69 Å². The van der Waals surface area contributed by atoms with Gasteiger partial charge in [-0.2, -0.15) is 0 Å². The molecule has 0 aliphatic carbocycles. The number of nitro groups is 1. The van der Waals surface area contributed by atoms with E-state index in [-0.39, 0.29) is 42.2 Å². The molecule has 0 N–H and O–H groups in total. The van der Waals surface area contributed by atoms with Crippen molar-refractivity contribution >= 4 is 27.0 Å². The summed E-state index contributed by atoms with van der Waals surface area (Å²) in [5.41, 5.74) is 1.72. The fourth-order valence-corrected chi connectivity index (χ4v) is 3.91. The molecule has 1 amide bonds. The van der Waals surface area contributed by atoms with E-state index in [1.807, 2.05) is 20.8 Å². The maximum absolute atomic E-state index is 12.6. The Hall–Kier alpha value is -2.31. The molecule has 0 radical (unpaired) electrons. The maximum atomic E-state index is 12.6. The second kappa shape index (κ2) is 7.37. The Bertz CT molecular complexity index is 822. The van der Waals surface area contributed by atoms with E-state index in [0.29, 0.717) is 11.3 Å². The number of carbonyl (C=O) groups excluding carboxylic acids is 2. The third-order valence-corrected chi connectivity index (χ3v) is 5.86. The molecule has 3 rings (SSSR count). The lowest BCUT2D eigenvalue weighted by atomic mass is 9.78. The van der Waals surface area contributed by atoms with Crippen LogP contribution in [0, 0.1) is 22.0 Å². The largest absolute Gasteiger partial charge is 0.456 e. The first-order valence-corrected chi connectivity index (χ1v) is 9.04. The van der Waals surface area contributed by atoms with Gasteiger partial charge in [-0.15, -0.1) is 0 Å². The van der Waals surface area contributed by atoms with Crippen LogP contribution in [0.25, 0.3) is 0 Å². The number of hydrogen-bond donors (Lipinski definition) is 0. The number of nitro benzene ring substituents is 1. The number of ether oxygens (including phenoxy) is 1. The lowest BCUT2D eigenvalue weighted by molar-refractivity contribution is -0.384. The fourth-order valence-electron chi connectivity index (χ4n) is 3.74. The number of nitrogens with zero attached hydrogens (tertiary/aromatic N) is 2. The summed E-state index contributed by atoms with van der Waals surface area (Å²) in [6.45, 7) is 5.63. The van der Waals surface area contributed by atoms with Gasteiger partial charge in [0.2, 0.25) is 5.91 Å². The van der Waals surface area contributed by atoms with Crippen molar-refractivity contribution in [1.82, 2.24) is 4.90 Å². The van der Waals surface area contributed by atoms with Gasteiger partial charge in [0.1, 0.15) is 12.3 Å². The molecule has 2 aliphatic heterocycles. The molecule has 5 atom stereocenters. The van der Waals surface area contributed by atoms with E-state index in [0.717, 1.165) is 5.57 Å². The maximum Gasteiger partial charge on any atom is 0.355 e. The minimum Gasteiger partial charge on any atom is -0.456 e. The average molecular weight is 392 g/mol. The van der Waals surface area contributed by atoms with E-state index < -0.39 is 10.9 Å². The van der Waals surface area contributed by atoms with Crippen molar-refractivity contribution in [1.29, 1.82) is 0 Å². The van der Waals surface area contributed by atoms with Gasteiger partial charge < -0.3 is 14.2 Å². The summed E-state index contributed by atoms with van der Waals surface area (Å²) in [5.74, 6) is -0.947. The lowest BCUT2D eigenvalue weighted by Gasteiger charge is -2.47. The topological polar surface area (TPSA) is 99.0 Å². The zero-order valence-corrected chi connectivity index (χ0v) is 16.4. The van der Waals surface area contributed by atoms with Crippen LogP contribution in [0.5, 0.6) is 0 Å². The average Bonchev–Trinajstić information content (AvgIpc) is 2.88. The number of benzene rings is 1. The first kappa shape index (κ1) is 19.5. The van der Waals surface area contributed by atoms with Gasteiger partial charge in [-0.1, -0.05) is 6.92 Å². The van der Waals surface area contributed by atoms with E-state index in [4.69, 9.17) is 9.26 Å². The van der Waals surface area contributed by atoms with Crippen LogP contribution in [0.15, 0.2) is 35.5 Å². The van der Waals surface area contributed by atoms with Crippen molar-refractivity contribution in [3.05, 3.63) is 51.2 Å². The van der Waals surface area contributed by atoms with Gasteiger partial charge in [-0.3, -0.25) is 14.9 Å². The van der Waals surface area contributed by atoms with Crippen molar-refractivity contribution in [3.8, 4) is 0 Å². The lowest BCUT2D eigenvalue weighted by Crippen LogP contribution is -2.63. The summed E-state index contributed by atoms with van der Waals surface area (Å²) in [4.78, 5) is 36.9. The Morgan fingerprint density at radius 2 is 2.00 bits per heavy atom. The van der Waals surface area contributed by atoms with Crippen LogP contribution in [0.3, 0.4) is 0 Å². The van der Waals surface area contributed by atoms with Crippen molar-refractivity contribution in [2.45, 2.75) is 39.5 Å². The van der Waals surface area contributed by atoms with Crippen LogP contribution < -0.4 is 0 Å². The molecule has 8 nitrogen and oxygen atoms in total. The number of amides is 1. The number of rotatable bonds is 6. The predicted molar refractivity (Wildman–Crippen MR) is 99.1 cm³/mol. The molecule has 5 unspecified atom stereocenters.